The van der Waals surface area contributed by atoms with Crippen LogP contribution in [0.2, 0.25) is 0 Å². The first kappa shape index (κ1) is 15.0. The lowest BCUT2D eigenvalue weighted by Crippen LogP contribution is -2.49. The second-order valence-corrected chi connectivity index (χ2v) is 7.90. The SMILES string of the molecule is CCC1CCCC(NC(C)(C)CC(C)(C)C)C1. The molecule has 0 aromatic heterocycles. The third-order valence-electron chi connectivity index (χ3n) is 3.93. The van der Waals surface area contributed by atoms with Gasteiger partial charge in [0.25, 0.3) is 0 Å². The first-order valence-electron chi connectivity index (χ1n) is 7.49. The van der Waals surface area contributed by atoms with E-state index in [2.05, 4.69) is 46.9 Å². The average molecular weight is 239 g/mol. The van der Waals surface area contributed by atoms with Gasteiger partial charge in [-0.1, -0.05) is 47.0 Å². The molecule has 1 N–H and O–H groups in total. The molecule has 102 valence electrons. The Balaban J connectivity index is 2.46. The van der Waals surface area contributed by atoms with Crippen molar-refractivity contribution in [2.24, 2.45) is 11.3 Å². The molecule has 0 aromatic rings. The zero-order valence-electron chi connectivity index (χ0n) is 12.9. The second-order valence-electron chi connectivity index (χ2n) is 7.90. The Kier molecular flexibility index (Phi) is 5.07. The van der Waals surface area contributed by atoms with Crippen molar-refractivity contribution >= 4 is 0 Å². The summed E-state index contributed by atoms with van der Waals surface area (Å²) >= 11 is 0. The predicted octanol–water partition coefficient (Wildman–Crippen LogP) is 4.76. The van der Waals surface area contributed by atoms with Crippen LogP contribution in [-0.4, -0.2) is 11.6 Å². The molecule has 17 heavy (non-hydrogen) atoms. The van der Waals surface area contributed by atoms with Crippen LogP contribution in [0.15, 0.2) is 0 Å². The first-order chi connectivity index (χ1) is 7.72. The van der Waals surface area contributed by atoms with Crippen LogP contribution in [0, 0.1) is 11.3 Å². The van der Waals surface area contributed by atoms with Gasteiger partial charge < -0.3 is 5.32 Å². The molecule has 0 bridgehead atoms. The lowest BCUT2D eigenvalue weighted by molar-refractivity contribution is 0.184. The minimum absolute atomic E-state index is 0.276. The Hall–Kier alpha value is -0.0400. The first-order valence-corrected chi connectivity index (χ1v) is 7.49. The molecule has 1 saturated carbocycles. The van der Waals surface area contributed by atoms with Crippen LogP contribution >= 0.6 is 0 Å². The van der Waals surface area contributed by atoms with E-state index in [1.165, 1.54) is 38.5 Å². The molecule has 1 aliphatic carbocycles. The molecule has 1 nitrogen and oxygen atoms in total. The van der Waals surface area contributed by atoms with Crippen molar-refractivity contribution < 1.29 is 0 Å². The van der Waals surface area contributed by atoms with Crippen molar-refractivity contribution in [1.29, 1.82) is 0 Å². The standard InChI is InChI=1S/C16H33N/c1-7-13-9-8-10-14(11-13)17-16(5,6)12-15(2,3)4/h13-14,17H,7-12H2,1-6H3. The van der Waals surface area contributed by atoms with Crippen LogP contribution in [0.3, 0.4) is 0 Å². The van der Waals surface area contributed by atoms with E-state index >= 15 is 0 Å². The zero-order valence-corrected chi connectivity index (χ0v) is 12.9. The van der Waals surface area contributed by atoms with Gasteiger partial charge in [-0.05, 0) is 44.4 Å². The average Bonchev–Trinajstić information content (AvgIpc) is 2.13. The molecule has 0 saturated heterocycles. The van der Waals surface area contributed by atoms with E-state index in [-0.39, 0.29) is 5.54 Å². The predicted molar refractivity (Wildman–Crippen MR) is 77.3 cm³/mol. The summed E-state index contributed by atoms with van der Waals surface area (Å²) < 4.78 is 0. The maximum Gasteiger partial charge on any atom is 0.0132 e. The Morgan fingerprint density at radius 1 is 1.06 bits per heavy atom. The molecule has 2 unspecified atom stereocenters. The highest BCUT2D eigenvalue weighted by atomic mass is 15.0. The Bertz CT molecular complexity index is 224. The van der Waals surface area contributed by atoms with Crippen molar-refractivity contribution in [1.82, 2.24) is 5.32 Å². The minimum Gasteiger partial charge on any atom is -0.309 e. The minimum atomic E-state index is 0.276. The summed E-state index contributed by atoms with van der Waals surface area (Å²) in [6, 6.07) is 0.756. The molecule has 0 aliphatic heterocycles. The lowest BCUT2D eigenvalue weighted by atomic mass is 9.79. The van der Waals surface area contributed by atoms with Crippen LogP contribution in [-0.2, 0) is 0 Å². The smallest absolute Gasteiger partial charge is 0.0132 e. The van der Waals surface area contributed by atoms with Crippen LogP contribution in [0.4, 0.5) is 0 Å². The number of rotatable bonds is 4. The van der Waals surface area contributed by atoms with E-state index in [4.69, 9.17) is 0 Å². The molecule has 1 rings (SSSR count). The monoisotopic (exact) mass is 239 g/mol. The summed E-state index contributed by atoms with van der Waals surface area (Å²) in [5.74, 6) is 0.965. The highest BCUT2D eigenvalue weighted by molar-refractivity contribution is 4.88. The highest BCUT2D eigenvalue weighted by Gasteiger charge is 2.29. The maximum absolute atomic E-state index is 3.92. The summed E-state index contributed by atoms with van der Waals surface area (Å²) in [5.41, 5.74) is 0.688. The molecule has 0 radical (unpaired) electrons. The van der Waals surface area contributed by atoms with Gasteiger partial charge in [0.15, 0.2) is 0 Å². The Morgan fingerprint density at radius 2 is 1.71 bits per heavy atom. The third-order valence-corrected chi connectivity index (χ3v) is 3.93. The van der Waals surface area contributed by atoms with Crippen LogP contribution in [0.5, 0.6) is 0 Å². The third kappa shape index (κ3) is 5.90. The Labute approximate surface area is 109 Å². The Morgan fingerprint density at radius 3 is 2.24 bits per heavy atom. The molecule has 0 heterocycles. The maximum atomic E-state index is 3.92. The van der Waals surface area contributed by atoms with Crippen LogP contribution in [0.1, 0.15) is 80.1 Å². The summed E-state index contributed by atoms with van der Waals surface area (Å²) in [5, 5.41) is 3.92. The summed E-state index contributed by atoms with van der Waals surface area (Å²) in [7, 11) is 0. The number of nitrogens with one attached hydrogen (secondary N) is 1. The van der Waals surface area contributed by atoms with Gasteiger partial charge in [0.05, 0.1) is 0 Å². The van der Waals surface area contributed by atoms with Crippen molar-refractivity contribution in [2.45, 2.75) is 91.6 Å². The van der Waals surface area contributed by atoms with Crippen molar-refractivity contribution in [2.75, 3.05) is 0 Å². The van der Waals surface area contributed by atoms with Gasteiger partial charge in [-0.2, -0.15) is 0 Å². The quantitative estimate of drug-likeness (QED) is 0.746. The fourth-order valence-corrected chi connectivity index (χ4v) is 3.72. The van der Waals surface area contributed by atoms with E-state index in [0.717, 1.165) is 12.0 Å². The molecular formula is C16H33N. The molecule has 0 amide bonds. The largest absolute Gasteiger partial charge is 0.309 e. The molecule has 1 fully saturated rings. The van der Waals surface area contributed by atoms with Crippen LogP contribution < -0.4 is 5.32 Å². The number of hydrogen-bond acceptors (Lipinski definition) is 1. The van der Waals surface area contributed by atoms with E-state index in [1.54, 1.807) is 0 Å². The molecule has 1 heteroatoms. The van der Waals surface area contributed by atoms with E-state index < -0.39 is 0 Å². The van der Waals surface area contributed by atoms with E-state index in [9.17, 15) is 0 Å². The molecule has 2 atom stereocenters. The molecule has 0 aromatic carbocycles. The van der Waals surface area contributed by atoms with Crippen molar-refractivity contribution in [3.8, 4) is 0 Å². The summed E-state index contributed by atoms with van der Waals surface area (Å²) in [4.78, 5) is 0. The van der Waals surface area contributed by atoms with Gasteiger partial charge in [-0.25, -0.2) is 0 Å². The van der Waals surface area contributed by atoms with Gasteiger partial charge in [-0.3, -0.25) is 0 Å². The van der Waals surface area contributed by atoms with Gasteiger partial charge in [0.1, 0.15) is 0 Å². The summed E-state index contributed by atoms with van der Waals surface area (Å²) in [6.07, 6.45) is 8.25. The highest BCUT2D eigenvalue weighted by Crippen LogP contribution is 2.31. The number of hydrogen-bond donors (Lipinski definition) is 1. The van der Waals surface area contributed by atoms with Crippen LogP contribution in [0.25, 0.3) is 0 Å². The van der Waals surface area contributed by atoms with Gasteiger partial charge >= 0.3 is 0 Å². The van der Waals surface area contributed by atoms with Crippen molar-refractivity contribution in [3.63, 3.8) is 0 Å². The fraction of sp³-hybridized carbons (Fsp3) is 1.00. The topological polar surface area (TPSA) is 12.0 Å². The second kappa shape index (κ2) is 5.73. The molecular weight excluding hydrogens is 206 g/mol. The lowest BCUT2D eigenvalue weighted by Gasteiger charge is -2.39. The molecule has 0 spiro atoms. The van der Waals surface area contributed by atoms with Gasteiger partial charge in [0, 0.05) is 11.6 Å². The zero-order chi connectivity index (χ0) is 13.1. The van der Waals surface area contributed by atoms with Crippen molar-refractivity contribution in [3.05, 3.63) is 0 Å². The van der Waals surface area contributed by atoms with E-state index in [1.807, 2.05) is 0 Å². The normalized spacial score (nSPS) is 27.2. The fourth-order valence-electron chi connectivity index (χ4n) is 3.72. The van der Waals surface area contributed by atoms with Gasteiger partial charge in [-0.15, -0.1) is 0 Å². The summed E-state index contributed by atoms with van der Waals surface area (Å²) in [6.45, 7) is 14.1. The molecule has 1 aliphatic rings. The van der Waals surface area contributed by atoms with E-state index in [0.29, 0.717) is 5.41 Å². The van der Waals surface area contributed by atoms with Gasteiger partial charge in [0.2, 0.25) is 0 Å².